The van der Waals surface area contributed by atoms with Gasteiger partial charge in [-0.2, -0.15) is 0 Å². The zero-order valence-corrected chi connectivity index (χ0v) is 12.7. The molecule has 0 spiro atoms. The van der Waals surface area contributed by atoms with E-state index in [4.69, 9.17) is 0 Å². The molecule has 1 aromatic carbocycles. The lowest BCUT2D eigenvalue weighted by Crippen LogP contribution is -2.35. The average Bonchev–Trinajstić information content (AvgIpc) is 3.09. The Morgan fingerprint density at radius 3 is 2.86 bits per heavy atom. The van der Waals surface area contributed by atoms with Gasteiger partial charge in [0.1, 0.15) is 17.0 Å². The van der Waals surface area contributed by atoms with E-state index in [1.165, 1.54) is 6.07 Å². The number of aromatic nitrogens is 1. The summed E-state index contributed by atoms with van der Waals surface area (Å²) >= 11 is 1.66. The summed E-state index contributed by atoms with van der Waals surface area (Å²) in [6.45, 7) is 0.579. The van der Waals surface area contributed by atoms with Crippen LogP contribution in [0, 0.1) is 11.6 Å². The van der Waals surface area contributed by atoms with Gasteiger partial charge in [-0.05, 0) is 24.3 Å². The van der Waals surface area contributed by atoms with Crippen molar-refractivity contribution in [2.24, 2.45) is 7.05 Å². The smallest absolute Gasteiger partial charge is 0.323 e. The maximum absolute atomic E-state index is 13.6. The predicted molar refractivity (Wildman–Crippen MR) is 82.7 cm³/mol. The Balaban J connectivity index is 1.78. The Bertz CT molecular complexity index is 704. The van der Waals surface area contributed by atoms with E-state index in [9.17, 15) is 13.6 Å². The fraction of sp³-hybridized carbons (Fsp3) is 0.267. The summed E-state index contributed by atoms with van der Waals surface area (Å²) in [6, 6.07) is 6.59. The molecule has 1 fully saturated rings. The van der Waals surface area contributed by atoms with E-state index in [1.54, 1.807) is 16.7 Å². The molecular weight excluding hydrogens is 308 g/mol. The van der Waals surface area contributed by atoms with Crippen LogP contribution in [0.15, 0.2) is 36.5 Å². The number of nitrogens with zero attached hydrogens (tertiary/aromatic N) is 2. The van der Waals surface area contributed by atoms with E-state index in [1.807, 2.05) is 29.9 Å². The Labute approximate surface area is 131 Å². The standard InChI is InChI=1S/C15H15F2N3OS/c1-19-6-2-3-13(19)14-20(7-8-22-14)15(21)18-12-5-4-10(16)9-11(12)17/h2-6,9,14H,7-8H2,1H3,(H,18,21). The van der Waals surface area contributed by atoms with Gasteiger partial charge in [-0.1, -0.05) is 0 Å². The quantitative estimate of drug-likeness (QED) is 0.917. The number of anilines is 1. The van der Waals surface area contributed by atoms with E-state index in [-0.39, 0.29) is 17.1 Å². The molecule has 1 aliphatic rings. The van der Waals surface area contributed by atoms with Crippen molar-refractivity contribution in [2.75, 3.05) is 17.6 Å². The molecule has 22 heavy (non-hydrogen) atoms. The van der Waals surface area contributed by atoms with Gasteiger partial charge in [0.05, 0.1) is 11.4 Å². The van der Waals surface area contributed by atoms with Crippen LogP contribution in [0.25, 0.3) is 0 Å². The van der Waals surface area contributed by atoms with E-state index >= 15 is 0 Å². The first-order chi connectivity index (χ1) is 10.6. The highest BCUT2D eigenvalue weighted by Crippen LogP contribution is 2.38. The number of halogens is 2. The van der Waals surface area contributed by atoms with E-state index in [0.29, 0.717) is 6.54 Å². The number of hydrogen-bond acceptors (Lipinski definition) is 2. The van der Waals surface area contributed by atoms with Gasteiger partial charge in [-0.3, -0.25) is 0 Å². The summed E-state index contributed by atoms with van der Waals surface area (Å²) in [5, 5.41) is 2.41. The molecule has 1 aromatic heterocycles. The molecule has 0 saturated carbocycles. The molecule has 1 saturated heterocycles. The number of thioether (sulfide) groups is 1. The summed E-state index contributed by atoms with van der Waals surface area (Å²) < 4.78 is 28.5. The van der Waals surface area contributed by atoms with Crippen molar-refractivity contribution in [1.82, 2.24) is 9.47 Å². The molecule has 1 unspecified atom stereocenters. The minimum absolute atomic E-state index is 0.0195. The largest absolute Gasteiger partial charge is 0.352 e. The molecule has 116 valence electrons. The van der Waals surface area contributed by atoms with Crippen molar-refractivity contribution in [1.29, 1.82) is 0 Å². The highest BCUT2D eigenvalue weighted by atomic mass is 32.2. The summed E-state index contributed by atoms with van der Waals surface area (Å²) in [7, 11) is 1.92. The minimum Gasteiger partial charge on any atom is -0.352 e. The maximum atomic E-state index is 13.6. The second-order valence-corrected chi connectivity index (χ2v) is 6.20. The number of benzene rings is 1. The SMILES string of the molecule is Cn1cccc1C1SCCN1C(=O)Nc1ccc(F)cc1F. The molecule has 1 atom stereocenters. The van der Waals surface area contributed by atoms with Gasteiger partial charge in [-0.25, -0.2) is 13.6 Å². The van der Waals surface area contributed by atoms with Crippen molar-refractivity contribution < 1.29 is 13.6 Å². The number of urea groups is 1. The van der Waals surface area contributed by atoms with Crippen molar-refractivity contribution in [3.8, 4) is 0 Å². The lowest BCUT2D eigenvalue weighted by molar-refractivity contribution is 0.213. The van der Waals surface area contributed by atoms with Crippen LogP contribution in [0.3, 0.4) is 0 Å². The fourth-order valence-corrected chi connectivity index (χ4v) is 3.75. The number of carbonyl (C=O) groups excluding carboxylic acids is 1. The van der Waals surface area contributed by atoms with Crippen LogP contribution in [0.1, 0.15) is 11.1 Å². The van der Waals surface area contributed by atoms with Crippen molar-refractivity contribution in [3.63, 3.8) is 0 Å². The average molecular weight is 323 g/mol. The van der Waals surface area contributed by atoms with Crippen LogP contribution >= 0.6 is 11.8 Å². The Kier molecular flexibility index (Phi) is 4.06. The molecule has 0 bridgehead atoms. The molecule has 1 N–H and O–H groups in total. The van der Waals surface area contributed by atoms with E-state index < -0.39 is 11.6 Å². The molecule has 2 heterocycles. The number of hydrogen-bond donors (Lipinski definition) is 1. The lowest BCUT2D eigenvalue weighted by Gasteiger charge is -2.24. The van der Waals surface area contributed by atoms with Gasteiger partial charge < -0.3 is 14.8 Å². The van der Waals surface area contributed by atoms with Crippen LogP contribution in [0.2, 0.25) is 0 Å². The monoisotopic (exact) mass is 323 g/mol. The molecular formula is C15H15F2N3OS. The first-order valence-electron chi connectivity index (χ1n) is 6.82. The minimum atomic E-state index is -0.782. The van der Waals surface area contributed by atoms with Crippen LogP contribution in [0.4, 0.5) is 19.3 Å². The van der Waals surface area contributed by atoms with Crippen LogP contribution in [-0.4, -0.2) is 27.8 Å². The Hall–Kier alpha value is -2.02. The summed E-state index contributed by atoms with van der Waals surface area (Å²) in [4.78, 5) is 14.1. The van der Waals surface area contributed by atoms with Crippen molar-refractivity contribution in [2.45, 2.75) is 5.37 Å². The predicted octanol–water partition coefficient (Wildman–Crippen LogP) is 3.58. The normalized spacial score (nSPS) is 17.8. The molecule has 1 aliphatic heterocycles. The number of aryl methyl sites for hydroxylation is 1. The number of nitrogens with one attached hydrogen (secondary N) is 1. The van der Waals surface area contributed by atoms with Gasteiger partial charge in [0.25, 0.3) is 0 Å². The highest BCUT2D eigenvalue weighted by Gasteiger charge is 2.32. The molecule has 3 rings (SSSR count). The molecule has 7 heteroatoms. The molecule has 4 nitrogen and oxygen atoms in total. The Morgan fingerprint density at radius 2 is 2.18 bits per heavy atom. The van der Waals surface area contributed by atoms with Crippen LogP contribution < -0.4 is 5.32 Å². The third-order valence-corrected chi connectivity index (χ3v) is 4.79. The number of rotatable bonds is 2. The van der Waals surface area contributed by atoms with E-state index in [2.05, 4.69) is 5.32 Å². The molecule has 0 aliphatic carbocycles. The lowest BCUT2D eigenvalue weighted by atomic mass is 10.3. The van der Waals surface area contributed by atoms with E-state index in [0.717, 1.165) is 23.6 Å². The first kappa shape index (κ1) is 14.9. The van der Waals surface area contributed by atoms with Gasteiger partial charge in [0, 0.05) is 31.6 Å². The molecule has 2 aromatic rings. The molecule has 0 radical (unpaired) electrons. The van der Waals surface area contributed by atoms with Gasteiger partial charge in [0.15, 0.2) is 0 Å². The maximum Gasteiger partial charge on any atom is 0.323 e. The zero-order chi connectivity index (χ0) is 15.7. The van der Waals surface area contributed by atoms with Gasteiger partial charge in [-0.15, -0.1) is 11.8 Å². The van der Waals surface area contributed by atoms with Gasteiger partial charge >= 0.3 is 6.03 Å². The summed E-state index contributed by atoms with van der Waals surface area (Å²) in [6.07, 6.45) is 1.92. The second-order valence-electron chi connectivity index (χ2n) is 5.01. The summed E-state index contributed by atoms with van der Waals surface area (Å²) in [5.41, 5.74) is 0.992. The number of carbonyl (C=O) groups is 1. The van der Waals surface area contributed by atoms with Crippen LogP contribution in [-0.2, 0) is 7.05 Å². The molecule has 2 amide bonds. The van der Waals surface area contributed by atoms with Gasteiger partial charge in [0.2, 0.25) is 0 Å². The number of amides is 2. The van der Waals surface area contributed by atoms with Crippen molar-refractivity contribution >= 4 is 23.5 Å². The topological polar surface area (TPSA) is 37.3 Å². The fourth-order valence-electron chi connectivity index (χ4n) is 2.43. The summed E-state index contributed by atoms with van der Waals surface area (Å²) in [5.74, 6) is -0.639. The third-order valence-electron chi connectivity index (χ3n) is 3.56. The van der Waals surface area contributed by atoms with Crippen molar-refractivity contribution in [3.05, 3.63) is 53.9 Å². The Morgan fingerprint density at radius 1 is 1.36 bits per heavy atom. The first-order valence-corrected chi connectivity index (χ1v) is 7.86. The second kappa shape index (κ2) is 6.00. The highest BCUT2D eigenvalue weighted by molar-refractivity contribution is 7.99. The third kappa shape index (κ3) is 2.81. The van der Waals surface area contributed by atoms with Crippen LogP contribution in [0.5, 0.6) is 0 Å². The zero-order valence-electron chi connectivity index (χ0n) is 11.9.